The van der Waals surface area contributed by atoms with Gasteiger partial charge in [0.2, 0.25) is 5.82 Å². The summed E-state index contributed by atoms with van der Waals surface area (Å²) in [5.74, 6) is -0.982. The van der Waals surface area contributed by atoms with Gasteiger partial charge >= 0.3 is 6.18 Å². The van der Waals surface area contributed by atoms with Gasteiger partial charge in [0.15, 0.2) is 0 Å². The van der Waals surface area contributed by atoms with Crippen LogP contribution in [0.3, 0.4) is 0 Å². The molecular formula is C12H12F3N3. The third kappa shape index (κ3) is 2.18. The number of nitrogens with two attached hydrogens (primary N) is 1. The fraction of sp³-hybridized carbons (Fsp3) is 0.250. The summed E-state index contributed by atoms with van der Waals surface area (Å²) in [7, 11) is 0. The number of halogens is 3. The minimum absolute atomic E-state index is 0.297. The standard InChI is InChI=1S/C12H12F3N3/c1-6-5-8(3-4-9(6)16)10-7(2)17-11(18-10)12(13,14)15/h3-5H,16H2,1-2H3,(H,17,18). The number of hydrogen-bond donors (Lipinski definition) is 2. The Kier molecular flexibility index (Phi) is 2.80. The van der Waals surface area contributed by atoms with E-state index >= 15 is 0 Å². The fourth-order valence-corrected chi connectivity index (χ4v) is 1.70. The summed E-state index contributed by atoms with van der Waals surface area (Å²) in [5, 5.41) is 0. The normalized spacial score (nSPS) is 11.8. The van der Waals surface area contributed by atoms with E-state index in [1.807, 2.05) is 0 Å². The van der Waals surface area contributed by atoms with Crippen molar-refractivity contribution in [2.75, 3.05) is 5.73 Å². The Morgan fingerprint density at radius 1 is 1.22 bits per heavy atom. The van der Waals surface area contributed by atoms with Crippen LogP contribution in [-0.2, 0) is 6.18 Å². The monoisotopic (exact) mass is 255 g/mol. The van der Waals surface area contributed by atoms with Crippen molar-refractivity contribution in [2.45, 2.75) is 20.0 Å². The number of nitrogens with zero attached hydrogens (tertiary/aromatic N) is 1. The maximum absolute atomic E-state index is 12.5. The van der Waals surface area contributed by atoms with Crippen LogP contribution in [0.15, 0.2) is 18.2 Å². The maximum Gasteiger partial charge on any atom is 0.449 e. The molecule has 0 aliphatic rings. The lowest BCUT2D eigenvalue weighted by Crippen LogP contribution is -2.07. The Bertz CT molecular complexity index is 585. The zero-order valence-electron chi connectivity index (χ0n) is 9.89. The second kappa shape index (κ2) is 4.04. The van der Waals surface area contributed by atoms with Gasteiger partial charge < -0.3 is 10.7 Å². The molecule has 0 saturated carbocycles. The number of benzene rings is 1. The molecule has 0 unspecified atom stereocenters. The lowest BCUT2D eigenvalue weighted by atomic mass is 10.1. The van der Waals surface area contributed by atoms with Crippen molar-refractivity contribution < 1.29 is 13.2 Å². The summed E-state index contributed by atoms with van der Waals surface area (Å²) >= 11 is 0. The Morgan fingerprint density at radius 3 is 2.39 bits per heavy atom. The van der Waals surface area contributed by atoms with Crippen LogP contribution in [0.2, 0.25) is 0 Å². The number of anilines is 1. The SMILES string of the molecule is Cc1cc(-c2nc(C(F)(F)F)[nH]c2C)ccc1N. The topological polar surface area (TPSA) is 54.7 Å². The maximum atomic E-state index is 12.5. The van der Waals surface area contributed by atoms with Crippen LogP contribution < -0.4 is 5.73 Å². The van der Waals surface area contributed by atoms with Crippen molar-refractivity contribution in [2.24, 2.45) is 0 Å². The van der Waals surface area contributed by atoms with Crippen molar-refractivity contribution in [3.8, 4) is 11.3 Å². The minimum atomic E-state index is -4.47. The largest absolute Gasteiger partial charge is 0.449 e. The van der Waals surface area contributed by atoms with Gasteiger partial charge in [0.1, 0.15) is 0 Å². The highest BCUT2D eigenvalue weighted by Crippen LogP contribution is 2.31. The first-order valence-corrected chi connectivity index (χ1v) is 5.29. The van der Waals surface area contributed by atoms with Crippen molar-refractivity contribution in [3.05, 3.63) is 35.3 Å². The molecule has 18 heavy (non-hydrogen) atoms. The van der Waals surface area contributed by atoms with Gasteiger partial charge in [0, 0.05) is 16.9 Å². The molecular weight excluding hydrogens is 243 g/mol. The summed E-state index contributed by atoms with van der Waals surface area (Å²) < 4.78 is 37.6. The minimum Gasteiger partial charge on any atom is -0.399 e. The molecule has 96 valence electrons. The number of aryl methyl sites for hydroxylation is 2. The molecule has 3 nitrogen and oxygen atoms in total. The van der Waals surface area contributed by atoms with Crippen LogP contribution in [-0.4, -0.2) is 9.97 Å². The van der Waals surface area contributed by atoms with Crippen LogP contribution in [0.4, 0.5) is 18.9 Å². The third-order valence-electron chi connectivity index (χ3n) is 2.70. The molecule has 1 heterocycles. The van der Waals surface area contributed by atoms with E-state index in [-0.39, 0.29) is 0 Å². The summed E-state index contributed by atoms with van der Waals surface area (Å²) in [6.45, 7) is 3.36. The van der Waals surface area contributed by atoms with Gasteiger partial charge in [-0.05, 0) is 31.5 Å². The van der Waals surface area contributed by atoms with Crippen LogP contribution in [0.5, 0.6) is 0 Å². The van der Waals surface area contributed by atoms with Gasteiger partial charge in [-0.15, -0.1) is 0 Å². The number of alkyl halides is 3. The first-order chi connectivity index (χ1) is 8.29. The highest BCUT2D eigenvalue weighted by Gasteiger charge is 2.35. The summed E-state index contributed by atoms with van der Waals surface area (Å²) in [6, 6.07) is 5.04. The molecule has 1 aromatic carbocycles. The molecule has 2 rings (SSSR count). The van der Waals surface area contributed by atoms with E-state index in [9.17, 15) is 13.2 Å². The predicted molar refractivity (Wildman–Crippen MR) is 62.9 cm³/mol. The number of imidazole rings is 1. The summed E-state index contributed by atoms with van der Waals surface area (Å²) in [5.41, 5.74) is 8.37. The molecule has 2 aromatic rings. The third-order valence-corrected chi connectivity index (χ3v) is 2.70. The molecule has 0 aliphatic carbocycles. The highest BCUT2D eigenvalue weighted by molar-refractivity contribution is 5.66. The van der Waals surface area contributed by atoms with Gasteiger partial charge in [0.05, 0.1) is 5.69 Å². The number of rotatable bonds is 1. The van der Waals surface area contributed by atoms with Crippen molar-refractivity contribution >= 4 is 5.69 Å². The number of nitrogen functional groups attached to an aromatic ring is 1. The molecule has 0 saturated heterocycles. The molecule has 3 N–H and O–H groups in total. The van der Waals surface area contributed by atoms with Crippen molar-refractivity contribution in [1.29, 1.82) is 0 Å². The molecule has 0 fully saturated rings. The molecule has 0 spiro atoms. The first kappa shape index (κ1) is 12.5. The summed E-state index contributed by atoms with van der Waals surface area (Å²) in [4.78, 5) is 5.85. The molecule has 1 aromatic heterocycles. The van der Waals surface area contributed by atoms with Gasteiger partial charge in [-0.3, -0.25) is 0 Å². The lowest BCUT2D eigenvalue weighted by Gasteiger charge is -2.03. The smallest absolute Gasteiger partial charge is 0.399 e. The zero-order valence-corrected chi connectivity index (χ0v) is 9.89. The van der Waals surface area contributed by atoms with E-state index < -0.39 is 12.0 Å². The van der Waals surface area contributed by atoms with Crippen LogP contribution in [0.1, 0.15) is 17.1 Å². The molecule has 0 radical (unpaired) electrons. The van der Waals surface area contributed by atoms with E-state index in [0.717, 1.165) is 5.56 Å². The van der Waals surface area contributed by atoms with Crippen LogP contribution in [0, 0.1) is 13.8 Å². The van der Waals surface area contributed by atoms with Gasteiger partial charge in [0.25, 0.3) is 0 Å². The molecule has 0 atom stereocenters. The van der Waals surface area contributed by atoms with E-state index in [2.05, 4.69) is 9.97 Å². The number of aromatic amines is 1. The Labute approximate surface area is 102 Å². The Hall–Kier alpha value is -1.98. The zero-order chi connectivity index (χ0) is 13.5. The average Bonchev–Trinajstić information content (AvgIpc) is 2.64. The number of hydrogen-bond acceptors (Lipinski definition) is 2. The Morgan fingerprint density at radius 2 is 1.89 bits per heavy atom. The van der Waals surface area contributed by atoms with Crippen LogP contribution in [0.25, 0.3) is 11.3 Å². The van der Waals surface area contributed by atoms with E-state index in [1.165, 1.54) is 0 Å². The molecule has 6 heteroatoms. The Balaban J connectivity index is 2.51. The molecule has 0 bridgehead atoms. The van der Waals surface area contributed by atoms with E-state index in [0.29, 0.717) is 22.6 Å². The fourth-order valence-electron chi connectivity index (χ4n) is 1.70. The van der Waals surface area contributed by atoms with E-state index in [1.54, 1.807) is 32.0 Å². The van der Waals surface area contributed by atoms with E-state index in [4.69, 9.17) is 5.73 Å². The average molecular weight is 255 g/mol. The number of nitrogens with one attached hydrogen (secondary N) is 1. The quantitative estimate of drug-likeness (QED) is 0.768. The second-order valence-corrected chi connectivity index (χ2v) is 4.13. The summed E-state index contributed by atoms with van der Waals surface area (Å²) in [6.07, 6.45) is -4.47. The van der Waals surface area contributed by atoms with Crippen LogP contribution >= 0.6 is 0 Å². The van der Waals surface area contributed by atoms with Crippen molar-refractivity contribution in [3.63, 3.8) is 0 Å². The molecule has 0 amide bonds. The van der Waals surface area contributed by atoms with Gasteiger partial charge in [-0.25, -0.2) is 4.98 Å². The second-order valence-electron chi connectivity index (χ2n) is 4.13. The van der Waals surface area contributed by atoms with Gasteiger partial charge in [-0.2, -0.15) is 13.2 Å². The van der Waals surface area contributed by atoms with Crippen molar-refractivity contribution in [1.82, 2.24) is 9.97 Å². The number of H-pyrrole nitrogens is 1. The lowest BCUT2D eigenvalue weighted by molar-refractivity contribution is -0.144. The predicted octanol–water partition coefficient (Wildman–Crippen LogP) is 3.29. The molecule has 0 aliphatic heterocycles. The highest BCUT2D eigenvalue weighted by atomic mass is 19.4. The van der Waals surface area contributed by atoms with Gasteiger partial charge in [-0.1, -0.05) is 6.07 Å². The first-order valence-electron chi connectivity index (χ1n) is 5.29. The number of aromatic nitrogens is 2.